The minimum Gasteiger partial charge on any atom is -0.369 e. The van der Waals surface area contributed by atoms with Gasteiger partial charge >= 0.3 is 0 Å². The monoisotopic (exact) mass is 241 g/mol. The molecule has 4 N–H and O–H groups in total. The maximum absolute atomic E-state index is 11.0. The van der Waals surface area contributed by atoms with Crippen LogP contribution in [0.2, 0.25) is 0 Å². The molecule has 0 fully saturated rings. The molecule has 90 valence electrons. The lowest BCUT2D eigenvalue weighted by Gasteiger charge is -2.32. The first-order valence-corrected chi connectivity index (χ1v) is 6.26. The fourth-order valence-corrected chi connectivity index (χ4v) is 2.47. The van der Waals surface area contributed by atoms with E-state index in [1.165, 1.54) is 0 Å². The van der Waals surface area contributed by atoms with Gasteiger partial charge in [-0.2, -0.15) is 11.3 Å². The average Bonchev–Trinajstić information content (AvgIpc) is 2.70. The highest BCUT2D eigenvalue weighted by Gasteiger charge is 2.23. The third-order valence-corrected chi connectivity index (χ3v) is 3.25. The molecule has 1 rings (SSSR count). The Labute approximate surface area is 100 Å². The van der Waals surface area contributed by atoms with Gasteiger partial charge in [0.1, 0.15) is 0 Å². The number of amides is 1. The second-order valence-corrected chi connectivity index (χ2v) is 4.82. The zero-order valence-corrected chi connectivity index (χ0v) is 10.5. The van der Waals surface area contributed by atoms with Crippen molar-refractivity contribution in [2.45, 2.75) is 25.9 Å². The number of carbonyl (C=O) groups excluding carboxylic acids is 1. The molecule has 1 aromatic rings. The number of nitrogens with two attached hydrogens (primary N) is 2. The molecule has 4 nitrogen and oxygen atoms in total. The third-order valence-electron chi connectivity index (χ3n) is 2.55. The lowest BCUT2D eigenvalue weighted by atomic mass is 10.1. The Kier molecular flexibility index (Phi) is 4.92. The molecular formula is C11H19N3OS. The zero-order valence-electron chi connectivity index (χ0n) is 9.72. The van der Waals surface area contributed by atoms with Crippen LogP contribution in [0.25, 0.3) is 0 Å². The van der Waals surface area contributed by atoms with E-state index in [4.69, 9.17) is 11.5 Å². The van der Waals surface area contributed by atoms with Gasteiger partial charge in [-0.15, -0.1) is 0 Å². The number of primary amides is 1. The molecule has 1 aromatic heterocycles. The molecule has 0 radical (unpaired) electrons. The molecule has 1 unspecified atom stereocenters. The van der Waals surface area contributed by atoms with E-state index in [1.54, 1.807) is 11.3 Å². The van der Waals surface area contributed by atoms with E-state index >= 15 is 0 Å². The summed E-state index contributed by atoms with van der Waals surface area (Å²) in [6.45, 7) is 4.81. The summed E-state index contributed by atoms with van der Waals surface area (Å²) in [5.74, 6) is -0.317. The lowest BCUT2D eigenvalue weighted by Crippen LogP contribution is -2.43. The van der Waals surface area contributed by atoms with E-state index in [0.29, 0.717) is 6.54 Å². The maximum atomic E-state index is 11.0. The molecule has 1 amide bonds. The van der Waals surface area contributed by atoms with E-state index in [-0.39, 0.29) is 24.5 Å². The van der Waals surface area contributed by atoms with Gasteiger partial charge in [0.25, 0.3) is 0 Å². The molecule has 0 aliphatic carbocycles. The van der Waals surface area contributed by atoms with Crippen LogP contribution in [0, 0.1) is 0 Å². The Morgan fingerprint density at radius 3 is 2.62 bits per heavy atom. The van der Waals surface area contributed by atoms with Gasteiger partial charge in [0, 0.05) is 18.6 Å². The summed E-state index contributed by atoms with van der Waals surface area (Å²) in [5.41, 5.74) is 12.2. The number of thiophene rings is 1. The number of hydrogen-bond acceptors (Lipinski definition) is 4. The van der Waals surface area contributed by atoms with Gasteiger partial charge < -0.3 is 11.5 Å². The van der Waals surface area contributed by atoms with Gasteiger partial charge in [0.2, 0.25) is 5.91 Å². The molecule has 0 saturated heterocycles. The minimum absolute atomic E-state index is 0.0683. The molecule has 0 saturated carbocycles. The van der Waals surface area contributed by atoms with Crippen LogP contribution in [0.1, 0.15) is 25.5 Å². The van der Waals surface area contributed by atoms with E-state index < -0.39 is 0 Å². The number of rotatable bonds is 6. The molecule has 0 aliphatic rings. The highest BCUT2D eigenvalue weighted by Crippen LogP contribution is 2.23. The van der Waals surface area contributed by atoms with Gasteiger partial charge in [-0.1, -0.05) is 0 Å². The van der Waals surface area contributed by atoms with Crippen molar-refractivity contribution in [1.82, 2.24) is 4.90 Å². The summed E-state index contributed by atoms with van der Waals surface area (Å²) in [6, 6.07) is 2.35. The summed E-state index contributed by atoms with van der Waals surface area (Å²) in [4.78, 5) is 13.1. The second-order valence-electron chi connectivity index (χ2n) is 4.04. The minimum atomic E-state index is -0.317. The first kappa shape index (κ1) is 13.2. The Bertz CT molecular complexity index is 324. The Balaban J connectivity index is 2.86. The fourth-order valence-electron chi connectivity index (χ4n) is 1.76. The molecule has 0 aromatic carbocycles. The van der Waals surface area contributed by atoms with Gasteiger partial charge in [-0.25, -0.2) is 0 Å². The molecule has 1 heterocycles. The van der Waals surface area contributed by atoms with Crippen LogP contribution in [-0.2, 0) is 4.79 Å². The average molecular weight is 241 g/mol. The Hall–Kier alpha value is -0.910. The summed E-state index contributed by atoms with van der Waals surface area (Å²) >= 11 is 1.63. The normalized spacial score (nSPS) is 13.3. The Morgan fingerprint density at radius 2 is 2.25 bits per heavy atom. The third kappa shape index (κ3) is 3.30. The van der Waals surface area contributed by atoms with Gasteiger partial charge in [0.15, 0.2) is 0 Å². The molecular weight excluding hydrogens is 222 g/mol. The topological polar surface area (TPSA) is 72.3 Å². The van der Waals surface area contributed by atoms with Crippen molar-refractivity contribution in [1.29, 1.82) is 0 Å². The summed E-state index contributed by atoms with van der Waals surface area (Å²) < 4.78 is 0. The highest BCUT2D eigenvalue weighted by atomic mass is 32.1. The summed E-state index contributed by atoms with van der Waals surface area (Å²) in [5, 5.41) is 4.08. The van der Waals surface area contributed by atoms with Crippen molar-refractivity contribution in [3.05, 3.63) is 22.4 Å². The van der Waals surface area contributed by atoms with Gasteiger partial charge in [-0.3, -0.25) is 9.69 Å². The maximum Gasteiger partial charge on any atom is 0.231 e. The van der Waals surface area contributed by atoms with Crippen molar-refractivity contribution in [3.63, 3.8) is 0 Å². The quantitative estimate of drug-likeness (QED) is 0.778. The second kappa shape index (κ2) is 5.98. The molecule has 16 heavy (non-hydrogen) atoms. The van der Waals surface area contributed by atoms with E-state index in [1.807, 2.05) is 30.2 Å². The SMILES string of the molecule is CC(C)N(CC(N)=O)C(CN)c1ccsc1. The lowest BCUT2D eigenvalue weighted by molar-refractivity contribution is -0.120. The van der Waals surface area contributed by atoms with Crippen molar-refractivity contribution in [2.24, 2.45) is 11.5 Å². The molecule has 5 heteroatoms. The molecule has 0 spiro atoms. The van der Waals surface area contributed by atoms with E-state index in [0.717, 1.165) is 5.56 Å². The predicted octanol–water partition coefficient (Wildman–Crippen LogP) is 0.944. The van der Waals surface area contributed by atoms with Crippen molar-refractivity contribution in [2.75, 3.05) is 13.1 Å². The predicted molar refractivity (Wildman–Crippen MR) is 67.2 cm³/mol. The van der Waals surface area contributed by atoms with Crippen LogP contribution in [-0.4, -0.2) is 29.9 Å². The van der Waals surface area contributed by atoms with Crippen molar-refractivity contribution < 1.29 is 4.79 Å². The number of carbonyl (C=O) groups is 1. The van der Waals surface area contributed by atoms with Crippen molar-refractivity contribution in [3.8, 4) is 0 Å². The zero-order chi connectivity index (χ0) is 12.1. The molecule has 0 aliphatic heterocycles. The van der Waals surface area contributed by atoms with Crippen LogP contribution in [0.15, 0.2) is 16.8 Å². The number of hydrogen-bond donors (Lipinski definition) is 2. The van der Waals surface area contributed by atoms with Crippen LogP contribution in [0.4, 0.5) is 0 Å². The summed E-state index contributed by atoms with van der Waals surface area (Å²) in [7, 11) is 0. The first-order valence-electron chi connectivity index (χ1n) is 5.32. The molecule has 0 bridgehead atoms. The van der Waals surface area contributed by atoms with Gasteiger partial charge in [0.05, 0.1) is 6.54 Å². The van der Waals surface area contributed by atoms with Crippen LogP contribution in [0.3, 0.4) is 0 Å². The van der Waals surface area contributed by atoms with Crippen molar-refractivity contribution >= 4 is 17.2 Å². The summed E-state index contributed by atoms with van der Waals surface area (Å²) in [6.07, 6.45) is 0. The van der Waals surface area contributed by atoms with Crippen LogP contribution < -0.4 is 11.5 Å². The van der Waals surface area contributed by atoms with E-state index in [2.05, 4.69) is 5.38 Å². The van der Waals surface area contributed by atoms with Gasteiger partial charge in [-0.05, 0) is 36.2 Å². The smallest absolute Gasteiger partial charge is 0.231 e. The van der Waals surface area contributed by atoms with E-state index in [9.17, 15) is 4.79 Å². The number of nitrogens with zero attached hydrogens (tertiary/aromatic N) is 1. The standard InChI is InChI=1S/C11H19N3OS/c1-8(2)14(6-11(13)15)10(5-12)9-3-4-16-7-9/h3-4,7-8,10H,5-6,12H2,1-2H3,(H2,13,15). The Morgan fingerprint density at radius 1 is 1.56 bits per heavy atom. The largest absolute Gasteiger partial charge is 0.369 e. The molecule has 1 atom stereocenters. The first-order chi connectivity index (χ1) is 7.56. The highest BCUT2D eigenvalue weighted by molar-refractivity contribution is 7.07. The fraction of sp³-hybridized carbons (Fsp3) is 0.545. The van der Waals surface area contributed by atoms with Crippen LogP contribution in [0.5, 0.6) is 0 Å². The van der Waals surface area contributed by atoms with Crippen LogP contribution >= 0.6 is 11.3 Å².